The molecular formula is C25H30N4O3S. The van der Waals surface area contributed by atoms with E-state index >= 15 is 0 Å². The lowest BCUT2D eigenvalue weighted by molar-refractivity contribution is -0.117. The van der Waals surface area contributed by atoms with E-state index in [0.717, 1.165) is 18.7 Å². The first kappa shape index (κ1) is 23.2. The van der Waals surface area contributed by atoms with Gasteiger partial charge in [0.05, 0.1) is 17.5 Å². The minimum atomic E-state index is -3.56. The summed E-state index contributed by atoms with van der Waals surface area (Å²) in [4.78, 5) is 15.3. The fourth-order valence-corrected chi connectivity index (χ4v) is 5.53. The average Bonchev–Trinajstić information content (AvgIpc) is 3.28. The Morgan fingerprint density at radius 3 is 2.39 bits per heavy atom. The van der Waals surface area contributed by atoms with E-state index in [9.17, 15) is 13.2 Å². The van der Waals surface area contributed by atoms with Gasteiger partial charge in [0.25, 0.3) is 0 Å². The van der Waals surface area contributed by atoms with Crippen LogP contribution in [0.1, 0.15) is 31.1 Å². The van der Waals surface area contributed by atoms with Crippen LogP contribution in [-0.4, -0.2) is 54.3 Å². The van der Waals surface area contributed by atoms with Crippen molar-refractivity contribution in [3.8, 4) is 0 Å². The molecule has 1 aliphatic rings. The van der Waals surface area contributed by atoms with Crippen molar-refractivity contribution in [1.82, 2.24) is 13.8 Å². The molecule has 1 unspecified atom stereocenters. The fraction of sp³-hybridized carbons (Fsp3) is 0.320. The van der Waals surface area contributed by atoms with Gasteiger partial charge in [-0.15, -0.1) is 0 Å². The first-order valence-corrected chi connectivity index (χ1v) is 12.5. The maximum atomic E-state index is 12.9. The standard InChI is InChI=1S/C25H30N4O3S/c1-19(2)27(3)33(31,32)22-13-11-21(12-14-22)26-24(30)18-29-17-16-28-15-7-10-23(28)25(29)20-8-5-4-6-9-20/h4-15,19,25H,16-18H2,1-3H3,(H,26,30). The van der Waals surface area contributed by atoms with E-state index in [1.54, 1.807) is 19.2 Å². The summed E-state index contributed by atoms with van der Waals surface area (Å²) in [6.45, 7) is 5.47. The number of aromatic nitrogens is 1. The molecule has 0 radical (unpaired) electrons. The number of fused-ring (bicyclic) bond motifs is 1. The molecule has 33 heavy (non-hydrogen) atoms. The molecular weight excluding hydrogens is 436 g/mol. The van der Waals surface area contributed by atoms with E-state index in [1.165, 1.54) is 22.1 Å². The molecule has 174 valence electrons. The van der Waals surface area contributed by atoms with Crippen molar-refractivity contribution < 1.29 is 13.2 Å². The molecule has 1 aromatic heterocycles. The molecule has 0 saturated heterocycles. The Kier molecular flexibility index (Phi) is 6.69. The second-order valence-electron chi connectivity index (χ2n) is 8.60. The van der Waals surface area contributed by atoms with Crippen LogP contribution in [-0.2, 0) is 21.4 Å². The topological polar surface area (TPSA) is 74.7 Å². The number of carbonyl (C=O) groups excluding carboxylic acids is 1. The Hall–Kier alpha value is -2.94. The van der Waals surface area contributed by atoms with Crippen LogP contribution in [0.2, 0.25) is 0 Å². The van der Waals surface area contributed by atoms with E-state index in [-0.39, 0.29) is 29.4 Å². The number of amides is 1. The minimum Gasteiger partial charge on any atom is -0.348 e. The quantitative estimate of drug-likeness (QED) is 0.578. The van der Waals surface area contributed by atoms with Crippen LogP contribution in [0.4, 0.5) is 5.69 Å². The van der Waals surface area contributed by atoms with Gasteiger partial charge < -0.3 is 9.88 Å². The summed E-state index contributed by atoms with van der Waals surface area (Å²) in [5.41, 5.74) is 2.89. The molecule has 1 atom stereocenters. The molecule has 0 bridgehead atoms. The maximum Gasteiger partial charge on any atom is 0.243 e. The van der Waals surface area contributed by atoms with Crippen LogP contribution in [0.3, 0.4) is 0 Å². The molecule has 0 aliphatic carbocycles. The second-order valence-corrected chi connectivity index (χ2v) is 10.6. The van der Waals surface area contributed by atoms with Gasteiger partial charge in [-0.05, 0) is 55.8 Å². The number of rotatable bonds is 7. The van der Waals surface area contributed by atoms with Crippen molar-refractivity contribution in [2.75, 3.05) is 25.5 Å². The smallest absolute Gasteiger partial charge is 0.243 e. The van der Waals surface area contributed by atoms with Crippen molar-refractivity contribution in [1.29, 1.82) is 0 Å². The Morgan fingerprint density at radius 2 is 1.73 bits per heavy atom. The van der Waals surface area contributed by atoms with Crippen molar-refractivity contribution in [3.05, 3.63) is 84.2 Å². The third-order valence-electron chi connectivity index (χ3n) is 6.14. The molecule has 8 heteroatoms. The summed E-state index contributed by atoms with van der Waals surface area (Å²) in [5.74, 6) is -0.133. The zero-order valence-corrected chi connectivity index (χ0v) is 20.0. The number of nitrogens with one attached hydrogen (secondary N) is 1. The molecule has 0 saturated carbocycles. The highest BCUT2D eigenvalue weighted by Gasteiger charge is 2.30. The number of anilines is 1. The first-order valence-electron chi connectivity index (χ1n) is 11.1. The van der Waals surface area contributed by atoms with Crippen LogP contribution in [0.25, 0.3) is 0 Å². The molecule has 2 heterocycles. The van der Waals surface area contributed by atoms with Crippen molar-refractivity contribution in [2.45, 2.75) is 37.4 Å². The van der Waals surface area contributed by atoms with Gasteiger partial charge in [-0.25, -0.2) is 8.42 Å². The normalized spacial score (nSPS) is 16.7. The molecule has 4 rings (SSSR count). The van der Waals surface area contributed by atoms with Crippen LogP contribution in [0.5, 0.6) is 0 Å². The van der Waals surface area contributed by atoms with E-state index in [2.05, 4.69) is 39.2 Å². The monoisotopic (exact) mass is 466 g/mol. The molecule has 3 aromatic rings. The Bertz CT molecular complexity index is 1200. The summed E-state index contributed by atoms with van der Waals surface area (Å²) in [5, 5.41) is 2.91. The van der Waals surface area contributed by atoms with Gasteiger partial charge in [-0.1, -0.05) is 30.3 Å². The van der Waals surface area contributed by atoms with Gasteiger partial charge in [0.15, 0.2) is 0 Å². The number of hydrogen-bond donors (Lipinski definition) is 1. The number of hydrogen-bond acceptors (Lipinski definition) is 4. The van der Waals surface area contributed by atoms with Gasteiger partial charge in [-0.3, -0.25) is 9.69 Å². The third-order valence-corrected chi connectivity index (χ3v) is 8.19. The van der Waals surface area contributed by atoms with Crippen LogP contribution in [0.15, 0.2) is 77.8 Å². The lowest BCUT2D eigenvalue weighted by atomic mass is 10.00. The lowest BCUT2D eigenvalue weighted by Crippen LogP contribution is -2.42. The Morgan fingerprint density at radius 1 is 1.03 bits per heavy atom. The maximum absolute atomic E-state index is 12.9. The highest BCUT2D eigenvalue weighted by atomic mass is 32.2. The van der Waals surface area contributed by atoms with Crippen LogP contribution >= 0.6 is 0 Å². The van der Waals surface area contributed by atoms with Crippen molar-refractivity contribution >= 4 is 21.6 Å². The first-order chi connectivity index (χ1) is 15.8. The molecule has 1 amide bonds. The predicted octanol–water partition coefficient (Wildman–Crippen LogP) is 3.56. The molecule has 7 nitrogen and oxygen atoms in total. The molecule has 0 spiro atoms. The largest absolute Gasteiger partial charge is 0.348 e. The highest BCUT2D eigenvalue weighted by molar-refractivity contribution is 7.89. The van der Waals surface area contributed by atoms with Crippen molar-refractivity contribution in [2.24, 2.45) is 0 Å². The van der Waals surface area contributed by atoms with E-state index < -0.39 is 10.0 Å². The Balaban J connectivity index is 1.47. The zero-order chi connectivity index (χ0) is 23.6. The summed E-state index contributed by atoms with van der Waals surface area (Å²) >= 11 is 0. The second kappa shape index (κ2) is 9.51. The Labute approximate surface area is 195 Å². The van der Waals surface area contributed by atoms with Gasteiger partial charge in [0.1, 0.15) is 0 Å². The van der Waals surface area contributed by atoms with Crippen LogP contribution < -0.4 is 5.32 Å². The van der Waals surface area contributed by atoms with E-state index in [0.29, 0.717) is 5.69 Å². The number of benzene rings is 2. The zero-order valence-electron chi connectivity index (χ0n) is 19.2. The van der Waals surface area contributed by atoms with Gasteiger partial charge in [0.2, 0.25) is 15.9 Å². The van der Waals surface area contributed by atoms with Gasteiger partial charge in [0, 0.05) is 43.8 Å². The SMILES string of the molecule is CC(C)N(C)S(=O)(=O)c1ccc(NC(=O)CN2CCn3cccc3C2c2ccccc2)cc1. The summed E-state index contributed by atoms with van der Waals surface area (Å²) in [6, 6.07) is 20.5. The lowest BCUT2D eigenvalue weighted by Gasteiger charge is -2.36. The summed E-state index contributed by atoms with van der Waals surface area (Å²) < 4.78 is 28.9. The molecule has 1 aliphatic heterocycles. The molecule has 0 fully saturated rings. The average molecular weight is 467 g/mol. The summed E-state index contributed by atoms with van der Waals surface area (Å²) in [7, 11) is -1.99. The van der Waals surface area contributed by atoms with Crippen molar-refractivity contribution in [3.63, 3.8) is 0 Å². The van der Waals surface area contributed by atoms with E-state index in [4.69, 9.17) is 0 Å². The predicted molar refractivity (Wildman–Crippen MR) is 129 cm³/mol. The minimum absolute atomic E-state index is 0.000195. The van der Waals surface area contributed by atoms with Gasteiger partial charge in [-0.2, -0.15) is 4.31 Å². The fourth-order valence-electron chi connectivity index (χ4n) is 4.16. The number of nitrogens with zero attached hydrogens (tertiary/aromatic N) is 3. The number of carbonyl (C=O) groups is 1. The molecule has 2 aromatic carbocycles. The molecule has 1 N–H and O–H groups in total. The number of sulfonamides is 1. The third kappa shape index (κ3) is 4.88. The highest BCUT2D eigenvalue weighted by Crippen LogP contribution is 2.32. The van der Waals surface area contributed by atoms with Crippen LogP contribution in [0, 0.1) is 0 Å². The summed E-state index contributed by atoms with van der Waals surface area (Å²) in [6.07, 6.45) is 2.08. The van der Waals surface area contributed by atoms with E-state index in [1.807, 2.05) is 38.1 Å². The van der Waals surface area contributed by atoms with Gasteiger partial charge >= 0.3 is 0 Å².